The third kappa shape index (κ3) is 6.91. The minimum absolute atomic E-state index is 0.154. The number of nitrogens with zero attached hydrogens (tertiary/aromatic N) is 3. The highest BCUT2D eigenvalue weighted by Gasteiger charge is 2.34. The number of ether oxygens (including phenoxy) is 2. The average Bonchev–Trinajstić information content (AvgIpc) is 2.84. The summed E-state index contributed by atoms with van der Waals surface area (Å²) in [4.78, 5) is 13.7. The number of hydrogen-bond acceptors (Lipinski definition) is 7. The van der Waals surface area contributed by atoms with E-state index in [4.69, 9.17) is 15.2 Å². The predicted octanol–water partition coefficient (Wildman–Crippen LogP) is 4.57. The van der Waals surface area contributed by atoms with Crippen LogP contribution in [-0.4, -0.2) is 57.5 Å². The van der Waals surface area contributed by atoms with Crippen LogP contribution < -0.4 is 15.5 Å². The van der Waals surface area contributed by atoms with Crippen molar-refractivity contribution < 1.29 is 40.7 Å². The summed E-state index contributed by atoms with van der Waals surface area (Å²) in [5.74, 6) is 0. The molecule has 0 spiro atoms. The molecule has 0 atom stereocenters. The number of nitrogens with two attached hydrogens (primary N) is 1. The maximum absolute atomic E-state index is 12.5. The van der Waals surface area contributed by atoms with Gasteiger partial charge in [-0.25, -0.2) is 0 Å². The summed E-state index contributed by atoms with van der Waals surface area (Å²) in [6, 6.07) is 6.03. The van der Waals surface area contributed by atoms with Crippen LogP contribution in [0.1, 0.15) is 11.1 Å². The van der Waals surface area contributed by atoms with Gasteiger partial charge in [-0.3, -0.25) is 10.1 Å². The summed E-state index contributed by atoms with van der Waals surface area (Å²) in [7, 11) is 0. The van der Waals surface area contributed by atoms with Crippen molar-refractivity contribution in [3.63, 3.8) is 0 Å². The van der Waals surface area contributed by atoms with Crippen LogP contribution >= 0.6 is 0 Å². The lowest BCUT2D eigenvalue weighted by Crippen LogP contribution is -2.36. The Morgan fingerprint density at radius 1 is 0.750 bits per heavy atom. The largest absolute Gasteiger partial charge is 0.416 e. The van der Waals surface area contributed by atoms with Crippen molar-refractivity contribution in [2.45, 2.75) is 12.4 Å². The van der Waals surface area contributed by atoms with Crippen LogP contribution in [0, 0.1) is 10.1 Å². The van der Waals surface area contributed by atoms with E-state index in [1.807, 2.05) is 4.90 Å². The molecule has 8 nitrogen and oxygen atoms in total. The van der Waals surface area contributed by atoms with Crippen molar-refractivity contribution in [2.24, 2.45) is 0 Å². The summed E-state index contributed by atoms with van der Waals surface area (Å²) >= 11 is 0. The van der Waals surface area contributed by atoms with Gasteiger partial charge in [0.1, 0.15) is 5.69 Å². The molecule has 14 heteroatoms. The molecule has 0 saturated carbocycles. The van der Waals surface area contributed by atoms with Crippen molar-refractivity contribution in [3.8, 4) is 0 Å². The summed E-state index contributed by atoms with van der Waals surface area (Å²) in [5.41, 5.74) is 4.39. The molecule has 2 fully saturated rings. The number of nitro groups is 1. The highest BCUT2D eigenvalue weighted by Crippen LogP contribution is 2.37. The third-order valence-electron chi connectivity index (χ3n) is 5.56. The molecule has 2 aliphatic heterocycles. The average molecular weight is 522 g/mol. The number of nitrogen functional groups attached to an aromatic ring is 1. The van der Waals surface area contributed by atoms with E-state index in [2.05, 4.69) is 0 Å². The Labute approximate surface area is 202 Å². The van der Waals surface area contributed by atoms with Crippen molar-refractivity contribution in [1.29, 1.82) is 0 Å². The SMILES string of the molecule is Nc1cc(C(F)(F)F)ccc1N1CCOCC1.O=[N+]([O-])c1cc(C(F)(F)F)ccc1N1CCOCC1. The Balaban J connectivity index is 0.000000202. The van der Waals surface area contributed by atoms with E-state index in [1.54, 1.807) is 4.90 Å². The number of alkyl halides is 6. The molecule has 2 aromatic rings. The minimum Gasteiger partial charge on any atom is -0.397 e. The van der Waals surface area contributed by atoms with Gasteiger partial charge in [-0.05, 0) is 30.3 Å². The zero-order valence-corrected chi connectivity index (χ0v) is 18.9. The zero-order valence-electron chi connectivity index (χ0n) is 18.9. The second-order valence-electron chi connectivity index (χ2n) is 7.93. The lowest BCUT2D eigenvalue weighted by Gasteiger charge is -2.30. The Morgan fingerprint density at radius 3 is 1.58 bits per heavy atom. The fourth-order valence-electron chi connectivity index (χ4n) is 3.74. The van der Waals surface area contributed by atoms with E-state index >= 15 is 0 Å². The van der Waals surface area contributed by atoms with E-state index < -0.39 is 34.1 Å². The van der Waals surface area contributed by atoms with Crippen molar-refractivity contribution in [2.75, 3.05) is 68.1 Å². The first kappa shape index (κ1) is 27.3. The summed E-state index contributed by atoms with van der Waals surface area (Å²) < 4.78 is 85.3. The van der Waals surface area contributed by atoms with Gasteiger partial charge in [-0.15, -0.1) is 0 Å². The molecule has 4 rings (SSSR count). The molecular weight excluding hydrogens is 498 g/mol. The molecule has 0 amide bonds. The van der Waals surface area contributed by atoms with E-state index in [1.165, 1.54) is 6.07 Å². The number of benzene rings is 2. The van der Waals surface area contributed by atoms with Crippen LogP contribution in [0.4, 0.5) is 49.1 Å². The lowest BCUT2D eigenvalue weighted by atomic mass is 10.1. The molecule has 2 aliphatic rings. The first-order valence-electron chi connectivity index (χ1n) is 10.9. The van der Waals surface area contributed by atoms with Crippen molar-refractivity contribution in [3.05, 3.63) is 57.6 Å². The Morgan fingerprint density at radius 2 is 1.17 bits per heavy atom. The van der Waals surface area contributed by atoms with Crippen LogP contribution in [0.3, 0.4) is 0 Å². The van der Waals surface area contributed by atoms with Gasteiger partial charge < -0.3 is 25.0 Å². The molecule has 0 unspecified atom stereocenters. The molecule has 0 bridgehead atoms. The monoisotopic (exact) mass is 522 g/mol. The molecule has 198 valence electrons. The molecule has 2 heterocycles. The van der Waals surface area contributed by atoms with Gasteiger partial charge in [0.15, 0.2) is 0 Å². The topological polar surface area (TPSA) is 94.1 Å². The Bertz CT molecular complexity index is 1050. The van der Waals surface area contributed by atoms with Crippen molar-refractivity contribution >= 4 is 22.7 Å². The molecule has 36 heavy (non-hydrogen) atoms. The summed E-state index contributed by atoms with van der Waals surface area (Å²) in [5, 5.41) is 10.9. The normalized spacial score (nSPS) is 16.8. The standard InChI is InChI=1S/C11H11F3N2O3.C11H13F3N2O/c12-11(13,14)8-1-2-9(10(7-8)16(17)18)15-3-5-19-6-4-15;12-11(13,14)8-1-2-10(9(15)7-8)16-3-5-17-6-4-16/h1-2,7H,3-6H2;1-2,7H,3-6,15H2. The first-order valence-corrected chi connectivity index (χ1v) is 10.9. The van der Waals surface area contributed by atoms with Crippen LogP contribution in [0.5, 0.6) is 0 Å². The molecule has 2 aromatic carbocycles. The second-order valence-corrected chi connectivity index (χ2v) is 7.93. The van der Waals surface area contributed by atoms with Gasteiger partial charge in [0.2, 0.25) is 0 Å². The molecule has 0 aromatic heterocycles. The number of nitro benzene ring substituents is 1. The number of halogens is 6. The quantitative estimate of drug-likeness (QED) is 0.273. The summed E-state index contributed by atoms with van der Waals surface area (Å²) in [6.07, 6.45) is -8.94. The fourth-order valence-corrected chi connectivity index (χ4v) is 3.74. The Kier molecular flexibility index (Phi) is 8.51. The van der Waals surface area contributed by atoms with E-state index in [0.29, 0.717) is 64.4 Å². The Hall–Kier alpha value is -3.26. The molecule has 0 aliphatic carbocycles. The molecular formula is C22H24F6N4O4. The van der Waals surface area contributed by atoms with Gasteiger partial charge in [-0.2, -0.15) is 26.3 Å². The number of rotatable bonds is 3. The lowest BCUT2D eigenvalue weighted by molar-refractivity contribution is -0.384. The molecule has 2 N–H and O–H groups in total. The van der Waals surface area contributed by atoms with Gasteiger partial charge in [-0.1, -0.05) is 0 Å². The van der Waals surface area contributed by atoms with Gasteiger partial charge >= 0.3 is 12.4 Å². The highest BCUT2D eigenvalue weighted by molar-refractivity contribution is 5.69. The first-order chi connectivity index (χ1) is 16.9. The van der Waals surface area contributed by atoms with E-state index in [0.717, 1.165) is 24.3 Å². The van der Waals surface area contributed by atoms with Crippen LogP contribution in [0.15, 0.2) is 36.4 Å². The van der Waals surface area contributed by atoms with E-state index in [9.17, 15) is 36.5 Å². The summed E-state index contributed by atoms with van der Waals surface area (Å²) in [6.45, 7) is 4.08. The third-order valence-corrected chi connectivity index (χ3v) is 5.56. The minimum atomic E-state index is -4.59. The van der Waals surface area contributed by atoms with Gasteiger partial charge in [0.25, 0.3) is 5.69 Å². The van der Waals surface area contributed by atoms with Gasteiger partial charge in [0.05, 0.1) is 53.9 Å². The highest BCUT2D eigenvalue weighted by atomic mass is 19.4. The number of morpholine rings is 2. The molecule has 0 radical (unpaired) electrons. The fraction of sp³-hybridized carbons (Fsp3) is 0.455. The van der Waals surface area contributed by atoms with E-state index in [-0.39, 0.29) is 11.4 Å². The zero-order chi connectivity index (χ0) is 26.5. The van der Waals surface area contributed by atoms with Gasteiger partial charge in [0, 0.05) is 32.2 Å². The maximum atomic E-state index is 12.5. The predicted molar refractivity (Wildman–Crippen MR) is 120 cm³/mol. The molecule has 2 saturated heterocycles. The number of anilines is 3. The second kappa shape index (κ2) is 11.2. The number of hydrogen-bond donors (Lipinski definition) is 1. The van der Waals surface area contributed by atoms with Crippen molar-refractivity contribution in [1.82, 2.24) is 0 Å². The van der Waals surface area contributed by atoms with Crippen LogP contribution in [0.2, 0.25) is 0 Å². The smallest absolute Gasteiger partial charge is 0.397 e. The maximum Gasteiger partial charge on any atom is 0.416 e. The van der Waals surface area contributed by atoms with Crippen LogP contribution in [-0.2, 0) is 21.8 Å². The van der Waals surface area contributed by atoms with Crippen LogP contribution in [0.25, 0.3) is 0 Å².